The lowest BCUT2D eigenvalue weighted by Gasteiger charge is -2.22. The molecule has 9 heteroatoms. The summed E-state index contributed by atoms with van der Waals surface area (Å²) in [7, 11) is 0. The molecule has 0 N–H and O–H groups in total. The van der Waals surface area contributed by atoms with Crippen molar-refractivity contribution in [2.24, 2.45) is 0 Å². The predicted molar refractivity (Wildman–Crippen MR) is 140 cm³/mol. The number of fused-ring (bicyclic) bond motifs is 2. The Balaban J connectivity index is 1.41. The van der Waals surface area contributed by atoms with Crippen LogP contribution in [0.1, 0.15) is 39.0 Å². The fourth-order valence-corrected chi connectivity index (χ4v) is 4.76. The summed E-state index contributed by atoms with van der Waals surface area (Å²) in [6, 6.07) is 20.2. The van der Waals surface area contributed by atoms with Crippen molar-refractivity contribution in [1.29, 1.82) is 0 Å². The monoisotopic (exact) mass is 532 g/mol. The number of hydrogen-bond acceptors (Lipinski definition) is 6. The summed E-state index contributed by atoms with van der Waals surface area (Å²) in [5.74, 6) is 0.923. The van der Waals surface area contributed by atoms with Crippen LogP contribution < -0.4 is 15.1 Å². The molecule has 1 amide bonds. The van der Waals surface area contributed by atoms with Crippen molar-refractivity contribution in [3.05, 3.63) is 121 Å². The second kappa shape index (κ2) is 9.10. The van der Waals surface area contributed by atoms with Crippen LogP contribution in [0.2, 0.25) is 10.0 Å². The first-order valence-electron chi connectivity index (χ1n) is 11.4. The molecule has 5 aromatic rings. The van der Waals surface area contributed by atoms with E-state index in [4.69, 9.17) is 36.9 Å². The molecular weight excluding hydrogens is 515 g/mol. The van der Waals surface area contributed by atoms with Gasteiger partial charge in [-0.25, -0.2) is 0 Å². The molecule has 1 aliphatic rings. The molecular formula is C28H18Cl2N2O5. The molecule has 0 saturated heterocycles. The number of carbonyl (C=O) groups excluding carboxylic acids is 1. The Labute approximate surface area is 220 Å². The first-order chi connectivity index (χ1) is 17.9. The average Bonchev–Trinajstić information content (AvgIpc) is 3.45. The Morgan fingerprint density at radius 2 is 1.68 bits per heavy atom. The van der Waals surface area contributed by atoms with Gasteiger partial charge in [0.25, 0.3) is 5.91 Å². The minimum absolute atomic E-state index is 0.0338. The van der Waals surface area contributed by atoms with E-state index < -0.39 is 11.9 Å². The van der Waals surface area contributed by atoms with E-state index in [0.717, 1.165) is 5.56 Å². The van der Waals surface area contributed by atoms with E-state index in [0.29, 0.717) is 39.1 Å². The highest BCUT2D eigenvalue weighted by Crippen LogP contribution is 2.41. The van der Waals surface area contributed by atoms with Crippen LogP contribution >= 0.6 is 23.2 Å². The number of aromatic nitrogens is 1. The minimum atomic E-state index is -0.781. The SMILES string of the molecule is Cc1cc(N2C(=O)c3oc4ccc(Cl)cc4c(=O)c3[C@H]2c2ccc(OCc3ccc(Cl)cc3)cc2)no1. The van der Waals surface area contributed by atoms with Gasteiger partial charge in [-0.2, -0.15) is 0 Å². The van der Waals surface area contributed by atoms with E-state index in [1.807, 2.05) is 24.3 Å². The number of amides is 1. The molecule has 0 aliphatic carbocycles. The summed E-state index contributed by atoms with van der Waals surface area (Å²) in [4.78, 5) is 28.6. The molecule has 37 heavy (non-hydrogen) atoms. The maximum Gasteiger partial charge on any atom is 0.296 e. The molecule has 6 rings (SSSR count). The number of rotatable bonds is 5. The second-order valence-corrected chi connectivity index (χ2v) is 9.54. The molecule has 0 spiro atoms. The molecule has 3 aromatic carbocycles. The van der Waals surface area contributed by atoms with Crippen LogP contribution in [0.15, 0.2) is 86.5 Å². The topological polar surface area (TPSA) is 85.8 Å². The Morgan fingerprint density at radius 1 is 0.946 bits per heavy atom. The molecule has 0 fully saturated rings. The normalized spacial score (nSPS) is 14.8. The summed E-state index contributed by atoms with van der Waals surface area (Å²) in [5, 5.41) is 5.39. The first-order valence-corrected chi connectivity index (χ1v) is 12.1. The van der Waals surface area contributed by atoms with Crippen molar-refractivity contribution in [3.8, 4) is 5.75 Å². The van der Waals surface area contributed by atoms with Crippen molar-refractivity contribution in [2.45, 2.75) is 19.6 Å². The smallest absolute Gasteiger partial charge is 0.296 e. The van der Waals surface area contributed by atoms with Crippen molar-refractivity contribution < 1.29 is 18.5 Å². The number of ether oxygens (including phenoxy) is 1. The molecule has 0 radical (unpaired) electrons. The third kappa shape index (κ3) is 4.16. The summed E-state index contributed by atoms with van der Waals surface area (Å²) in [6.45, 7) is 2.09. The van der Waals surface area contributed by atoms with Gasteiger partial charge in [0.05, 0.1) is 17.0 Å². The summed E-state index contributed by atoms with van der Waals surface area (Å²) in [5.41, 5.74) is 1.82. The van der Waals surface area contributed by atoms with Crippen molar-refractivity contribution in [3.63, 3.8) is 0 Å². The quantitative estimate of drug-likeness (QED) is 0.249. The van der Waals surface area contributed by atoms with E-state index in [1.165, 1.54) is 4.90 Å². The van der Waals surface area contributed by atoms with Crippen LogP contribution in [0.4, 0.5) is 5.82 Å². The van der Waals surface area contributed by atoms with Crippen LogP contribution in [0.25, 0.3) is 11.0 Å². The number of hydrogen-bond donors (Lipinski definition) is 0. The zero-order chi connectivity index (χ0) is 25.7. The van der Waals surface area contributed by atoms with E-state index in [1.54, 1.807) is 55.5 Å². The van der Waals surface area contributed by atoms with E-state index >= 15 is 0 Å². The van der Waals surface area contributed by atoms with Crippen LogP contribution in [-0.4, -0.2) is 11.1 Å². The van der Waals surface area contributed by atoms with E-state index in [-0.39, 0.29) is 28.2 Å². The van der Waals surface area contributed by atoms with Gasteiger partial charge >= 0.3 is 0 Å². The van der Waals surface area contributed by atoms with Gasteiger partial charge in [0.1, 0.15) is 23.7 Å². The van der Waals surface area contributed by atoms with Gasteiger partial charge in [-0.05, 0) is 60.5 Å². The zero-order valence-electron chi connectivity index (χ0n) is 19.4. The molecule has 1 atom stereocenters. The Morgan fingerprint density at radius 3 is 2.38 bits per heavy atom. The number of nitrogens with zero attached hydrogens (tertiary/aromatic N) is 2. The first kappa shape index (κ1) is 23.3. The van der Waals surface area contributed by atoms with Crippen molar-refractivity contribution in [1.82, 2.24) is 5.16 Å². The Bertz CT molecular complexity index is 1710. The van der Waals surface area contributed by atoms with Gasteiger partial charge < -0.3 is 13.7 Å². The summed E-state index contributed by atoms with van der Waals surface area (Å²) in [6.07, 6.45) is 0. The van der Waals surface area contributed by atoms with Gasteiger partial charge in [0, 0.05) is 16.1 Å². The number of halogens is 2. The fraction of sp³-hybridized carbons (Fsp3) is 0.107. The standard InChI is InChI=1S/C28H18Cl2N2O5/c1-15-12-23(31-37-15)32-25(17-4-9-20(10-5-17)35-14-16-2-6-18(29)7-3-16)24-26(33)21-13-19(30)8-11-22(21)36-27(24)28(32)34/h2-13,25H,14H2,1H3/t25-/m1/s1. The van der Waals surface area contributed by atoms with Crippen LogP contribution in [0.3, 0.4) is 0 Å². The van der Waals surface area contributed by atoms with Gasteiger partial charge in [0.2, 0.25) is 5.76 Å². The zero-order valence-corrected chi connectivity index (χ0v) is 20.9. The molecule has 7 nitrogen and oxygen atoms in total. The molecule has 184 valence electrons. The van der Waals surface area contributed by atoms with Crippen molar-refractivity contribution >= 4 is 45.9 Å². The summed E-state index contributed by atoms with van der Waals surface area (Å²) < 4.78 is 17.1. The molecule has 0 saturated carbocycles. The van der Waals surface area contributed by atoms with Gasteiger partial charge in [-0.15, -0.1) is 0 Å². The van der Waals surface area contributed by atoms with Crippen LogP contribution in [0, 0.1) is 6.92 Å². The van der Waals surface area contributed by atoms with Gasteiger partial charge in [-0.1, -0.05) is 52.6 Å². The molecule has 0 unspecified atom stereocenters. The molecule has 3 heterocycles. The average molecular weight is 533 g/mol. The Hall–Kier alpha value is -4.07. The largest absolute Gasteiger partial charge is 0.489 e. The minimum Gasteiger partial charge on any atom is -0.489 e. The van der Waals surface area contributed by atoms with Gasteiger partial charge in [-0.3, -0.25) is 14.5 Å². The number of benzene rings is 3. The molecule has 2 aromatic heterocycles. The van der Waals surface area contributed by atoms with Gasteiger partial charge in [0.15, 0.2) is 11.2 Å². The highest BCUT2D eigenvalue weighted by molar-refractivity contribution is 6.31. The summed E-state index contributed by atoms with van der Waals surface area (Å²) >= 11 is 12.1. The maximum absolute atomic E-state index is 13.7. The third-order valence-electron chi connectivity index (χ3n) is 6.21. The number of aryl methyl sites for hydroxylation is 1. The van der Waals surface area contributed by atoms with Crippen LogP contribution in [-0.2, 0) is 6.61 Å². The van der Waals surface area contributed by atoms with E-state index in [9.17, 15) is 9.59 Å². The number of carbonyl (C=O) groups is 1. The van der Waals surface area contributed by atoms with Crippen molar-refractivity contribution in [2.75, 3.05) is 4.90 Å². The highest BCUT2D eigenvalue weighted by Gasteiger charge is 2.44. The lowest BCUT2D eigenvalue weighted by atomic mass is 9.98. The lowest BCUT2D eigenvalue weighted by molar-refractivity contribution is 0.0969. The van der Waals surface area contributed by atoms with E-state index in [2.05, 4.69) is 5.16 Å². The second-order valence-electron chi connectivity index (χ2n) is 8.67. The number of anilines is 1. The van der Waals surface area contributed by atoms with Crippen LogP contribution in [0.5, 0.6) is 5.75 Å². The molecule has 0 bridgehead atoms. The highest BCUT2D eigenvalue weighted by atomic mass is 35.5. The lowest BCUT2D eigenvalue weighted by Crippen LogP contribution is -2.29. The third-order valence-corrected chi connectivity index (χ3v) is 6.70. The predicted octanol–water partition coefficient (Wildman–Crippen LogP) is 6.73. The Kier molecular flexibility index (Phi) is 5.74. The fourth-order valence-electron chi connectivity index (χ4n) is 4.46. The maximum atomic E-state index is 13.7. The molecule has 1 aliphatic heterocycles.